The lowest BCUT2D eigenvalue weighted by atomic mass is 10.0. The number of halogens is 1. The van der Waals surface area contributed by atoms with E-state index in [9.17, 15) is 9.18 Å². The number of piperidine rings is 1. The van der Waals surface area contributed by atoms with Crippen LogP contribution >= 0.6 is 0 Å². The maximum atomic E-state index is 13.5. The Morgan fingerprint density at radius 2 is 2.10 bits per heavy atom. The molecule has 1 aliphatic heterocycles. The monoisotopic (exact) mass is 394 g/mol. The van der Waals surface area contributed by atoms with Crippen LogP contribution in [0.15, 0.2) is 59.8 Å². The smallest absolute Gasteiger partial charge is 0.267 e. The second kappa shape index (κ2) is 8.81. The second-order valence-electron chi connectivity index (χ2n) is 7.13. The first kappa shape index (κ1) is 19.0. The normalized spacial score (nSPS) is 16.6. The summed E-state index contributed by atoms with van der Waals surface area (Å²) in [6.07, 6.45) is 8.25. The molecule has 1 aromatic carbocycles. The first-order chi connectivity index (χ1) is 14.2. The average molecular weight is 394 g/mol. The Balaban J connectivity index is 1.53. The Morgan fingerprint density at radius 1 is 1.17 bits per heavy atom. The molecule has 1 atom stereocenters. The minimum absolute atomic E-state index is 0.204. The van der Waals surface area contributed by atoms with E-state index in [1.54, 1.807) is 36.8 Å². The molecule has 8 heteroatoms. The van der Waals surface area contributed by atoms with Crippen molar-refractivity contribution < 1.29 is 4.39 Å². The number of aromatic nitrogens is 4. The highest BCUT2D eigenvalue weighted by Crippen LogP contribution is 2.22. The minimum atomic E-state index is -0.321. The molecule has 0 saturated carbocycles. The topological polar surface area (TPSA) is 75.9 Å². The molecule has 0 radical (unpaired) electrons. The molecule has 1 aliphatic rings. The number of nitrogens with one attached hydrogen (secondary N) is 1. The van der Waals surface area contributed by atoms with E-state index in [-0.39, 0.29) is 24.0 Å². The van der Waals surface area contributed by atoms with E-state index in [1.165, 1.54) is 22.9 Å². The van der Waals surface area contributed by atoms with Crippen LogP contribution in [0.25, 0.3) is 0 Å². The van der Waals surface area contributed by atoms with E-state index in [1.807, 2.05) is 0 Å². The molecule has 7 nitrogen and oxygen atoms in total. The van der Waals surface area contributed by atoms with Gasteiger partial charge in [0.15, 0.2) is 0 Å². The molecule has 0 bridgehead atoms. The molecular formula is C21H23FN6O. The number of benzene rings is 1. The Labute approximate surface area is 168 Å². The van der Waals surface area contributed by atoms with Crippen molar-refractivity contribution >= 4 is 11.6 Å². The van der Waals surface area contributed by atoms with Crippen molar-refractivity contribution in [3.8, 4) is 0 Å². The molecule has 1 saturated heterocycles. The lowest BCUT2D eigenvalue weighted by molar-refractivity contribution is 0.462. The predicted molar refractivity (Wildman–Crippen MR) is 110 cm³/mol. The van der Waals surface area contributed by atoms with Gasteiger partial charge in [0.05, 0.1) is 12.7 Å². The van der Waals surface area contributed by atoms with Gasteiger partial charge in [-0.2, -0.15) is 5.10 Å². The van der Waals surface area contributed by atoms with Crippen LogP contribution in [0.3, 0.4) is 0 Å². The quantitative estimate of drug-likeness (QED) is 0.693. The molecule has 0 amide bonds. The molecule has 3 heterocycles. The molecule has 1 N–H and O–H groups in total. The zero-order valence-electron chi connectivity index (χ0n) is 16.0. The molecule has 4 rings (SSSR count). The number of anilines is 2. The predicted octanol–water partition coefficient (Wildman–Crippen LogP) is 2.69. The van der Waals surface area contributed by atoms with Crippen LogP contribution < -0.4 is 15.8 Å². The zero-order chi connectivity index (χ0) is 20.1. The fourth-order valence-corrected chi connectivity index (χ4v) is 3.64. The highest BCUT2D eigenvalue weighted by Gasteiger charge is 2.24. The third-order valence-corrected chi connectivity index (χ3v) is 5.08. The summed E-state index contributed by atoms with van der Waals surface area (Å²) in [6, 6.07) is 9.78. The Hall–Kier alpha value is -3.29. The summed E-state index contributed by atoms with van der Waals surface area (Å²) in [6.45, 7) is 1.82. The molecule has 2 aromatic heterocycles. The third-order valence-electron chi connectivity index (χ3n) is 5.08. The van der Waals surface area contributed by atoms with Crippen LogP contribution in [0.5, 0.6) is 0 Å². The number of nitrogens with zero attached hydrogens (tertiary/aromatic N) is 5. The zero-order valence-corrected chi connectivity index (χ0v) is 16.0. The third kappa shape index (κ3) is 4.77. The molecular weight excluding hydrogens is 371 g/mol. The first-order valence-corrected chi connectivity index (χ1v) is 9.78. The average Bonchev–Trinajstić information content (AvgIpc) is 2.75. The lowest BCUT2D eigenvalue weighted by Gasteiger charge is -2.36. The second-order valence-corrected chi connectivity index (χ2v) is 7.13. The van der Waals surface area contributed by atoms with Gasteiger partial charge in [0.2, 0.25) is 0 Å². The summed E-state index contributed by atoms with van der Waals surface area (Å²) in [4.78, 5) is 22.9. The van der Waals surface area contributed by atoms with Crippen molar-refractivity contribution in [1.82, 2.24) is 19.7 Å². The van der Waals surface area contributed by atoms with Crippen molar-refractivity contribution in [2.75, 3.05) is 23.3 Å². The van der Waals surface area contributed by atoms with Crippen LogP contribution in [0, 0.1) is 5.82 Å². The maximum Gasteiger partial charge on any atom is 0.267 e. The standard InChI is InChI=1S/C21H23FN6O/c22-17-5-3-4-16(12-17)15-28-21(29)8-7-20(26-28)27-11-2-1-6-18(27)13-25-19-14-23-9-10-24-19/h3-5,7-10,12,14,18H,1-2,6,11,13,15H2,(H,24,25). The van der Waals surface area contributed by atoms with E-state index in [0.29, 0.717) is 12.1 Å². The van der Waals surface area contributed by atoms with Crippen molar-refractivity contribution in [3.63, 3.8) is 0 Å². The van der Waals surface area contributed by atoms with Gasteiger partial charge in [-0.1, -0.05) is 12.1 Å². The number of rotatable bonds is 6. The maximum absolute atomic E-state index is 13.5. The minimum Gasteiger partial charge on any atom is -0.367 e. The van der Waals surface area contributed by atoms with Crippen LogP contribution in [0.1, 0.15) is 24.8 Å². The fourth-order valence-electron chi connectivity index (χ4n) is 3.64. The fraction of sp³-hybridized carbons (Fsp3) is 0.333. The van der Waals surface area contributed by atoms with E-state index in [0.717, 1.165) is 37.4 Å². The van der Waals surface area contributed by atoms with Crippen molar-refractivity contribution in [3.05, 3.63) is 76.7 Å². The molecule has 1 unspecified atom stereocenters. The lowest BCUT2D eigenvalue weighted by Crippen LogP contribution is -2.45. The van der Waals surface area contributed by atoms with Crippen LogP contribution in [0.4, 0.5) is 16.0 Å². The molecule has 0 aliphatic carbocycles. The Morgan fingerprint density at radius 3 is 2.93 bits per heavy atom. The van der Waals surface area contributed by atoms with E-state index in [4.69, 9.17) is 0 Å². The highest BCUT2D eigenvalue weighted by atomic mass is 19.1. The van der Waals surface area contributed by atoms with Crippen LogP contribution in [-0.4, -0.2) is 38.9 Å². The number of hydrogen-bond donors (Lipinski definition) is 1. The Kier molecular flexibility index (Phi) is 5.79. The van der Waals surface area contributed by atoms with Crippen molar-refractivity contribution in [2.24, 2.45) is 0 Å². The highest BCUT2D eigenvalue weighted by molar-refractivity contribution is 5.40. The summed E-state index contributed by atoms with van der Waals surface area (Å²) < 4.78 is 14.9. The van der Waals surface area contributed by atoms with Gasteiger partial charge < -0.3 is 10.2 Å². The van der Waals surface area contributed by atoms with E-state index in [2.05, 4.69) is 25.3 Å². The van der Waals surface area contributed by atoms with Gasteiger partial charge in [-0.15, -0.1) is 0 Å². The summed E-state index contributed by atoms with van der Waals surface area (Å²) in [7, 11) is 0. The van der Waals surface area contributed by atoms with Gasteiger partial charge in [0.25, 0.3) is 5.56 Å². The summed E-state index contributed by atoms with van der Waals surface area (Å²) >= 11 is 0. The summed E-state index contributed by atoms with van der Waals surface area (Å²) in [5.74, 6) is 1.17. The SMILES string of the molecule is O=c1ccc(N2CCCCC2CNc2cnccn2)nn1Cc1cccc(F)c1. The van der Waals surface area contributed by atoms with Gasteiger partial charge >= 0.3 is 0 Å². The van der Waals surface area contributed by atoms with Crippen LogP contribution in [-0.2, 0) is 6.54 Å². The van der Waals surface area contributed by atoms with E-state index < -0.39 is 0 Å². The van der Waals surface area contributed by atoms with Gasteiger partial charge in [-0.05, 0) is 43.0 Å². The molecule has 150 valence electrons. The summed E-state index contributed by atoms with van der Waals surface area (Å²) in [5.41, 5.74) is 0.500. The van der Waals surface area contributed by atoms with Gasteiger partial charge in [0.1, 0.15) is 17.5 Å². The van der Waals surface area contributed by atoms with Gasteiger partial charge in [0, 0.05) is 37.6 Å². The van der Waals surface area contributed by atoms with Gasteiger partial charge in [-0.3, -0.25) is 9.78 Å². The van der Waals surface area contributed by atoms with Gasteiger partial charge in [-0.25, -0.2) is 14.1 Å². The first-order valence-electron chi connectivity index (χ1n) is 9.78. The summed E-state index contributed by atoms with van der Waals surface area (Å²) in [5, 5.41) is 7.91. The van der Waals surface area contributed by atoms with E-state index >= 15 is 0 Å². The van der Waals surface area contributed by atoms with Crippen molar-refractivity contribution in [2.45, 2.75) is 31.8 Å². The molecule has 3 aromatic rings. The molecule has 1 fully saturated rings. The molecule has 29 heavy (non-hydrogen) atoms. The largest absolute Gasteiger partial charge is 0.367 e. The Bertz CT molecular complexity index is 1010. The molecule has 0 spiro atoms. The van der Waals surface area contributed by atoms with Crippen LogP contribution in [0.2, 0.25) is 0 Å². The van der Waals surface area contributed by atoms with Crippen molar-refractivity contribution in [1.29, 1.82) is 0 Å². The number of hydrogen-bond acceptors (Lipinski definition) is 6.